The monoisotopic (exact) mass is 793 g/mol. The van der Waals surface area contributed by atoms with E-state index in [2.05, 4.69) is 251 Å². The molecule has 0 aliphatic carbocycles. The van der Waals surface area contributed by atoms with Crippen molar-refractivity contribution in [1.29, 1.82) is 0 Å². The van der Waals surface area contributed by atoms with Crippen LogP contribution in [0, 0.1) is 0 Å². The first-order valence-electron chi connectivity index (χ1n) is 21.1. The smallest absolute Gasteiger partial charge is 0.136 e. The lowest BCUT2D eigenvalue weighted by atomic mass is 10.0. The SMILES string of the molecule is c1ccc(-c2ccc(-n3c4ccccc4c4c(N(c5ccccc5)c5ccccc5)cc(N(c5ccccc5)c5ccc6oc7cc8ccccc8cc7c6c5)cc43)cc2)cc1. The van der Waals surface area contributed by atoms with Crippen molar-refractivity contribution in [3.05, 3.63) is 237 Å². The summed E-state index contributed by atoms with van der Waals surface area (Å²) in [4.78, 5) is 4.79. The zero-order valence-corrected chi connectivity index (χ0v) is 33.8. The summed E-state index contributed by atoms with van der Waals surface area (Å²) in [5.74, 6) is 0. The van der Waals surface area contributed by atoms with E-state index in [1.807, 2.05) is 0 Å². The van der Waals surface area contributed by atoms with Gasteiger partial charge in [0.15, 0.2) is 0 Å². The Kier molecular flexibility index (Phi) is 8.46. The normalized spacial score (nSPS) is 11.5. The summed E-state index contributed by atoms with van der Waals surface area (Å²) in [6.07, 6.45) is 0. The van der Waals surface area contributed by atoms with Crippen molar-refractivity contribution in [1.82, 2.24) is 4.57 Å². The van der Waals surface area contributed by atoms with Gasteiger partial charge in [0.25, 0.3) is 0 Å². The van der Waals surface area contributed by atoms with Crippen LogP contribution in [0.1, 0.15) is 0 Å². The maximum absolute atomic E-state index is 6.52. The lowest BCUT2D eigenvalue weighted by molar-refractivity contribution is 0.669. The highest BCUT2D eigenvalue weighted by Gasteiger charge is 2.25. The minimum absolute atomic E-state index is 0.863. The van der Waals surface area contributed by atoms with Crippen LogP contribution >= 0.6 is 0 Å². The summed E-state index contributed by atoms with van der Waals surface area (Å²) >= 11 is 0. The Morgan fingerprint density at radius 3 is 1.55 bits per heavy atom. The van der Waals surface area contributed by atoms with Gasteiger partial charge in [-0.15, -0.1) is 0 Å². The molecule has 0 fully saturated rings. The number of benzene rings is 10. The van der Waals surface area contributed by atoms with Gasteiger partial charge in [-0.25, -0.2) is 0 Å². The van der Waals surface area contributed by atoms with Crippen LogP contribution in [0.2, 0.25) is 0 Å². The van der Waals surface area contributed by atoms with Gasteiger partial charge in [-0.2, -0.15) is 0 Å². The van der Waals surface area contributed by atoms with E-state index < -0.39 is 0 Å². The highest BCUT2D eigenvalue weighted by atomic mass is 16.3. The van der Waals surface area contributed by atoms with Crippen LogP contribution in [0.15, 0.2) is 241 Å². The number of furan rings is 1. The Morgan fingerprint density at radius 2 is 0.871 bits per heavy atom. The van der Waals surface area contributed by atoms with Gasteiger partial charge in [0.1, 0.15) is 11.2 Å². The van der Waals surface area contributed by atoms with E-state index >= 15 is 0 Å². The third kappa shape index (κ3) is 6.00. The predicted molar refractivity (Wildman–Crippen MR) is 260 cm³/mol. The third-order valence-electron chi connectivity index (χ3n) is 12.1. The topological polar surface area (TPSA) is 24.6 Å². The molecule has 2 aromatic heterocycles. The molecule has 0 bridgehead atoms. The van der Waals surface area contributed by atoms with E-state index in [4.69, 9.17) is 4.42 Å². The van der Waals surface area contributed by atoms with Crippen LogP contribution in [-0.2, 0) is 0 Å². The fourth-order valence-corrected chi connectivity index (χ4v) is 9.27. The van der Waals surface area contributed by atoms with E-state index in [1.54, 1.807) is 0 Å². The first-order valence-corrected chi connectivity index (χ1v) is 21.1. The Hall–Kier alpha value is -8.34. The lowest BCUT2D eigenvalue weighted by Gasteiger charge is -2.30. The van der Waals surface area contributed by atoms with E-state index in [0.29, 0.717) is 0 Å². The van der Waals surface area contributed by atoms with Crippen LogP contribution in [0.4, 0.5) is 34.1 Å². The van der Waals surface area contributed by atoms with E-state index in [0.717, 1.165) is 78.2 Å². The Balaban J connectivity index is 1.16. The van der Waals surface area contributed by atoms with Crippen LogP contribution in [0.25, 0.3) is 71.3 Å². The third-order valence-corrected chi connectivity index (χ3v) is 12.1. The molecule has 0 saturated heterocycles. The summed E-state index contributed by atoms with van der Waals surface area (Å²) in [5.41, 5.74) is 13.8. The van der Waals surface area contributed by atoms with Crippen molar-refractivity contribution >= 4 is 88.6 Å². The fourth-order valence-electron chi connectivity index (χ4n) is 9.27. The van der Waals surface area contributed by atoms with Gasteiger partial charge in [-0.05, 0) is 119 Å². The minimum Gasteiger partial charge on any atom is -0.456 e. The molecular formula is C58H39N3O. The van der Waals surface area contributed by atoms with Gasteiger partial charge in [0, 0.05) is 50.0 Å². The number of nitrogens with zero attached hydrogens (tertiary/aromatic N) is 3. The quantitative estimate of drug-likeness (QED) is 0.153. The molecule has 0 N–H and O–H groups in total. The minimum atomic E-state index is 0.863. The number of anilines is 6. The van der Waals surface area contributed by atoms with Crippen LogP contribution in [0.3, 0.4) is 0 Å². The number of hydrogen-bond donors (Lipinski definition) is 0. The molecule has 0 radical (unpaired) electrons. The predicted octanol–water partition coefficient (Wildman–Crippen LogP) is 16.4. The van der Waals surface area contributed by atoms with Crippen molar-refractivity contribution in [3.63, 3.8) is 0 Å². The zero-order chi connectivity index (χ0) is 41.0. The number of rotatable bonds is 8. The second kappa shape index (κ2) is 14.7. The Morgan fingerprint density at radius 1 is 0.323 bits per heavy atom. The van der Waals surface area contributed by atoms with Crippen LogP contribution in [-0.4, -0.2) is 4.57 Å². The number of para-hydroxylation sites is 4. The van der Waals surface area contributed by atoms with Crippen LogP contribution < -0.4 is 9.80 Å². The van der Waals surface area contributed by atoms with Gasteiger partial charge < -0.3 is 18.8 Å². The van der Waals surface area contributed by atoms with Gasteiger partial charge in [-0.3, -0.25) is 0 Å². The average molecular weight is 794 g/mol. The summed E-state index contributed by atoms with van der Waals surface area (Å²) in [6, 6.07) is 84.8. The molecule has 4 nitrogen and oxygen atoms in total. The van der Waals surface area contributed by atoms with E-state index in [9.17, 15) is 0 Å². The number of fused-ring (bicyclic) bond motifs is 7. The molecule has 0 spiro atoms. The van der Waals surface area contributed by atoms with E-state index in [1.165, 1.54) is 27.3 Å². The summed E-state index contributed by atoms with van der Waals surface area (Å²) in [5, 5.41) is 6.88. The van der Waals surface area contributed by atoms with E-state index in [-0.39, 0.29) is 0 Å². The molecule has 0 aliphatic rings. The lowest BCUT2D eigenvalue weighted by Crippen LogP contribution is -2.14. The fraction of sp³-hybridized carbons (Fsp3) is 0. The first-order chi connectivity index (χ1) is 30.7. The van der Waals surface area contributed by atoms with Gasteiger partial charge in [0.05, 0.1) is 22.4 Å². The Bertz CT molecular complexity index is 3520. The number of aromatic nitrogens is 1. The largest absolute Gasteiger partial charge is 0.456 e. The maximum Gasteiger partial charge on any atom is 0.136 e. The highest BCUT2D eigenvalue weighted by molar-refractivity contribution is 6.18. The first kappa shape index (κ1) is 35.6. The molecule has 2 heterocycles. The summed E-state index contributed by atoms with van der Waals surface area (Å²) in [7, 11) is 0. The van der Waals surface area contributed by atoms with Crippen molar-refractivity contribution in [2.45, 2.75) is 0 Å². The molecular weight excluding hydrogens is 755 g/mol. The molecule has 0 unspecified atom stereocenters. The zero-order valence-electron chi connectivity index (χ0n) is 33.8. The van der Waals surface area contributed by atoms with Crippen molar-refractivity contribution in [2.24, 2.45) is 0 Å². The van der Waals surface area contributed by atoms with Gasteiger partial charge in [0.2, 0.25) is 0 Å². The number of hydrogen-bond acceptors (Lipinski definition) is 3. The summed E-state index contributed by atoms with van der Waals surface area (Å²) in [6.45, 7) is 0. The maximum atomic E-state index is 6.52. The second-order valence-corrected chi connectivity index (χ2v) is 15.8. The molecule has 12 rings (SSSR count). The van der Waals surface area contributed by atoms with Crippen molar-refractivity contribution in [3.8, 4) is 16.8 Å². The average Bonchev–Trinajstić information content (AvgIpc) is 3.87. The molecule has 10 aromatic carbocycles. The molecule has 12 aromatic rings. The standard InChI is InChI=1S/C58H39N3O/c1-5-17-40(18-6-1)41-29-31-47(32-30-41)61-53-28-16-15-27-50(53)58-54(60(45-23-9-3-10-24-45)46-25-11-4-12-26-46)38-49(39-55(58)61)59(44-21-7-2-8-22-44)48-33-34-56-52(37-48)51-35-42-19-13-14-20-43(42)36-57(51)62-56/h1-39H. The molecule has 0 amide bonds. The van der Waals surface area contributed by atoms with Crippen molar-refractivity contribution in [2.75, 3.05) is 9.80 Å². The van der Waals surface area contributed by atoms with Gasteiger partial charge >= 0.3 is 0 Å². The highest BCUT2D eigenvalue weighted by Crippen LogP contribution is 2.48. The summed E-state index contributed by atoms with van der Waals surface area (Å²) < 4.78 is 8.95. The molecule has 0 saturated carbocycles. The second-order valence-electron chi connectivity index (χ2n) is 15.8. The Labute approximate surface area is 359 Å². The van der Waals surface area contributed by atoms with Gasteiger partial charge in [-0.1, -0.05) is 140 Å². The molecule has 62 heavy (non-hydrogen) atoms. The van der Waals surface area contributed by atoms with Crippen molar-refractivity contribution < 1.29 is 4.42 Å². The molecule has 0 atom stereocenters. The van der Waals surface area contributed by atoms with Crippen LogP contribution in [0.5, 0.6) is 0 Å². The molecule has 4 heteroatoms. The molecule has 0 aliphatic heterocycles. The molecule has 292 valence electrons.